The number of ether oxygens (including phenoxy) is 2. The summed E-state index contributed by atoms with van der Waals surface area (Å²) in [6, 6.07) is 2.00. The number of carbonyl (C=O) groups is 1. The molecule has 0 aliphatic carbocycles. The first-order chi connectivity index (χ1) is 9.81. The number of halogens is 3. The Balaban J connectivity index is 2.39. The summed E-state index contributed by atoms with van der Waals surface area (Å²) in [6.45, 7) is -0.0788. The Kier molecular flexibility index (Phi) is 6.22. The summed E-state index contributed by atoms with van der Waals surface area (Å²) in [6.07, 6.45) is -2.89. The lowest BCUT2D eigenvalue weighted by atomic mass is 10.3. The fourth-order valence-corrected chi connectivity index (χ4v) is 1.42. The molecule has 1 rings (SSSR count). The summed E-state index contributed by atoms with van der Waals surface area (Å²) in [5.41, 5.74) is 0.348. The third kappa shape index (κ3) is 6.80. The number of carbonyl (C=O) groups excluding carboxylic acids is 1. The molecule has 0 fully saturated rings. The van der Waals surface area contributed by atoms with Gasteiger partial charge in [0.15, 0.2) is 0 Å². The molecule has 2 N–H and O–H groups in total. The Morgan fingerprint density at radius 2 is 2.19 bits per heavy atom. The van der Waals surface area contributed by atoms with Gasteiger partial charge in [0.05, 0.1) is 19.8 Å². The largest absolute Gasteiger partial charge is 0.480 e. The van der Waals surface area contributed by atoms with E-state index in [2.05, 4.69) is 20.4 Å². The highest BCUT2D eigenvalue weighted by Crippen LogP contribution is 2.19. The first kappa shape index (κ1) is 17.0. The van der Waals surface area contributed by atoms with Gasteiger partial charge in [-0.25, -0.2) is 9.78 Å². The summed E-state index contributed by atoms with van der Waals surface area (Å²) in [5.74, 6) is 0.230. The fraction of sp³-hybridized carbons (Fsp3) is 0.500. The van der Waals surface area contributed by atoms with E-state index in [4.69, 9.17) is 4.74 Å². The first-order valence-corrected chi connectivity index (χ1v) is 6.03. The molecule has 0 radical (unpaired) electrons. The van der Waals surface area contributed by atoms with Gasteiger partial charge in [-0.2, -0.15) is 13.2 Å². The second-order valence-corrected chi connectivity index (χ2v) is 4.19. The highest BCUT2D eigenvalue weighted by molar-refractivity contribution is 5.90. The number of hydrogen-bond donors (Lipinski definition) is 2. The van der Waals surface area contributed by atoms with Crippen LogP contribution in [0.4, 0.5) is 23.7 Å². The van der Waals surface area contributed by atoms with Gasteiger partial charge in [0.1, 0.15) is 12.3 Å². The number of hydrogen-bond acceptors (Lipinski definition) is 4. The second-order valence-electron chi connectivity index (χ2n) is 4.19. The second kappa shape index (κ2) is 7.67. The van der Waals surface area contributed by atoms with Crippen molar-refractivity contribution in [1.82, 2.24) is 10.3 Å². The van der Waals surface area contributed by atoms with Crippen LogP contribution in [-0.2, 0) is 4.74 Å². The van der Waals surface area contributed by atoms with E-state index in [1.165, 1.54) is 20.2 Å². The summed E-state index contributed by atoms with van der Waals surface area (Å²) >= 11 is 0. The maximum absolute atomic E-state index is 11.9. The average molecular weight is 307 g/mol. The van der Waals surface area contributed by atoms with Crippen LogP contribution < -0.4 is 15.4 Å². The quantitative estimate of drug-likeness (QED) is 0.845. The summed E-state index contributed by atoms with van der Waals surface area (Å²) in [4.78, 5) is 15.6. The molecule has 2 amide bonds. The summed E-state index contributed by atoms with van der Waals surface area (Å²) in [7, 11) is 1.40. The first-order valence-electron chi connectivity index (χ1n) is 6.03. The normalized spacial score (nSPS) is 12.6. The van der Waals surface area contributed by atoms with Crippen LogP contribution in [0.3, 0.4) is 0 Å². The molecule has 1 aromatic rings. The Morgan fingerprint density at radius 1 is 1.48 bits per heavy atom. The van der Waals surface area contributed by atoms with Gasteiger partial charge in [0, 0.05) is 6.20 Å². The van der Waals surface area contributed by atoms with Gasteiger partial charge in [0.25, 0.3) is 0 Å². The van der Waals surface area contributed by atoms with Crippen LogP contribution in [0, 0.1) is 0 Å². The van der Waals surface area contributed by atoms with Crippen LogP contribution in [-0.4, -0.2) is 43.6 Å². The molecule has 0 aromatic carbocycles. The van der Waals surface area contributed by atoms with E-state index in [0.29, 0.717) is 5.69 Å². The highest BCUT2D eigenvalue weighted by atomic mass is 19.4. The van der Waals surface area contributed by atoms with Gasteiger partial charge >= 0.3 is 12.2 Å². The number of rotatable bonds is 6. The van der Waals surface area contributed by atoms with E-state index < -0.39 is 24.9 Å². The third-order valence-corrected chi connectivity index (χ3v) is 2.22. The molecule has 1 heterocycles. The Morgan fingerprint density at radius 3 is 2.81 bits per heavy atom. The molecule has 1 atom stereocenters. The Labute approximate surface area is 119 Å². The molecule has 118 valence electrons. The molecule has 0 saturated heterocycles. The van der Waals surface area contributed by atoms with E-state index in [1.54, 1.807) is 12.1 Å². The molecular weight excluding hydrogens is 291 g/mol. The number of nitrogens with zero attached hydrogens (tertiary/aromatic N) is 1. The zero-order valence-corrected chi connectivity index (χ0v) is 11.5. The number of alkyl halides is 3. The van der Waals surface area contributed by atoms with Crippen molar-refractivity contribution in [2.75, 3.05) is 25.6 Å². The van der Waals surface area contributed by atoms with E-state index in [-0.39, 0.29) is 12.5 Å². The molecule has 21 heavy (non-hydrogen) atoms. The predicted octanol–water partition coefficient (Wildman–Crippen LogP) is 2.18. The lowest BCUT2D eigenvalue weighted by molar-refractivity contribution is -0.174. The van der Waals surface area contributed by atoms with Crippen molar-refractivity contribution in [3.05, 3.63) is 18.3 Å². The Hall–Kier alpha value is -2.03. The van der Waals surface area contributed by atoms with Crippen molar-refractivity contribution in [3.63, 3.8) is 0 Å². The maximum Gasteiger partial charge on any atom is 0.411 e. The maximum atomic E-state index is 11.9. The molecule has 0 aliphatic heterocycles. The number of aromatic nitrogens is 1. The Bertz CT molecular complexity index is 469. The smallest absolute Gasteiger partial charge is 0.411 e. The molecule has 0 saturated carbocycles. The summed E-state index contributed by atoms with van der Waals surface area (Å²) < 4.78 is 45.1. The number of amides is 2. The standard InChI is InChI=1S/C12H16F3N3O3/c1-8(6-21-7-12(13,14)15)17-11(19)18-9-4-3-5-16-10(9)20-2/h3-5,8H,6-7H2,1-2H3,(H2,17,18,19). The van der Waals surface area contributed by atoms with Gasteiger partial charge in [-0.15, -0.1) is 0 Å². The molecule has 0 aliphatic rings. The van der Waals surface area contributed by atoms with E-state index in [1.807, 2.05) is 0 Å². The topological polar surface area (TPSA) is 72.5 Å². The molecule has 6 nitrogen and oxygen atoms in total. The van der Waals surface area contributed by atoms with E-state index in [9.17, 15) is 18.0 Å². The minimum absolute atomic E-state index is 0.230. The van der Waals surface area contributed by atoms with Crippen LogP contribution in [0.15, 0.2) is 18.3 Å². The van der Waals surface area contributed by atoms with Crippen LogP contribution in [0.5, 0.6) is 5.88 Å². The van der Waals surface area contributed by atoms with Gasteiger partial charge < -0.3 is 20.1 Å². The number of nitrogens with one attached hydrogen (secondary N) is 2. The lowest BCUT2D eigenvalue weighted by Gasteiger charge is -2.16. The zero-order valence-electron chi connectivity index (χ0n) is 11.5. The number of methoxy groups -OCH3 is 1. The van der Waals surface area contributed by atoms with Gasteiger partial charge in [-0.1, -0.05) is 0 Å². The van der Waals surface area contributed by atoms with Gasteiger partial charge in [0.2, 0.25) is 5.88 Å². The summed E-state index contributed by atoms with van der Waals surface area (Å²) in [5, 5.41) is 4.92. The molecule has 0 spiro atoms. The van der Waals surface area contributed by atoms with E-state index >= 15 is 0 Å². The van der Waals surface area contributed by atoms with Crippen LogP contribution >= 0.6 is 0 Å². The van der Waals surface area contributed by atoms with Gasteiger partial charge in [-0.3, -0.25) is 0 Å². The number of pyridine rings is 1. The van der Waals surface area contributed by atoms with Crippen molar-refractivity contribution in [2.45, 2.75) is 19.1 Å². The molecule has 9 heteroatoms. The van der Waals surface area contributed by atoms with Gasteiger partial charge in [-0.05, 0) is 19.1 Å². The van der Waals surface area contributed by atoms with Crippen molar-refractivity contribution >= 4 is 11.7 Å². The fourth-order valence-electron chi connectivity index (χ4n) is 1.42. The lowest BCUT2D eigenvalue weighted by Crippen LogP contribution is -2.39. The van der Waals surface area contributed by atoms with Crippen molar-refractivity contribution < 1.29 is 27.4 Å². The number of urea groups is 1. The monoisotopic (exact) mass is 307 g/mol. The highest BCUT2D eigenvalue weighted by Gasteiger charge is 2.27. The minimum Gasteiger partial charge on any atom is -0.480 e. The SMILES string of the molecule is COc1ncccc1NC(=O)NC(C)COCC(F)(F)F. The van der Waals surface area contributed by atoms with Crippen LogP contribution in [0.25, 0.3) is 0 Å². The van der Waals surface area contributed by atoms with Crippen LogP contribution in [0.1, 0.15) is 6.92 Å². The number of anilines is 1. The molecule has 1 unspecified atom stereocenters. The molecule has 0 bridgehead atoms. The average Bonchev–Trinajstić information content (AvgIpc) is 2.37. The third-order valence-electron chi connectivity index (χ3n) is 2.22. The van der Waals surface area contributed by atoms with Crippen LogP contribution in [0.2, 0.25) is 0 Å². The zero-order chi connectivity index (χ0) is 15.9. The molecular formula is C12H16F3N3O3. The van der Waals surface area contributed by atoms with Crippen molar-refractivity contribution in [2.24, 2.45) is 0 Å². The van der Waals surface area contributed by atoms with Crippen molar-refractivity contribution in [3.8, 4) is 5.88 Å². The molecule has 1 aromatic heterocycles. The van der Waals surface area contributed by atoms with E-state index in [0.717, 1.165) is 0 Å². The predicted molar refractivity (Wildman–Crippen MR) is 69.3 cm³/mol. The van der Waals surface area contributed by atoms with Crippen molar-refractivity contribution in [1.29, 1.82) is 0 Å². The minimum atomic E-state index is -4.38.